The number of nitrogens with zero attached hydrogens (tertiary/aromatic N) is 4. The predicted octanol–water partition coefficient (Wildman–Crippen LogP) is 2.86. The molecule has 1 fully saturated rings. The summed E-state index contributed by atoms with van der Waals surface area (Å²) in [5, 5.41) is 1.26. The lowest BCUT2D eigenvalue weighted by molar-refractivity contribution is 0.0952. The third-order valence-corrected chi connectivity index (χ3v) is 6.25. The second-order valence-electron chi connectivity index (χ2n) is 7.26. The molecule has 7 nitrogen and oxygen atoms in total. The molecule has 0 saturated carbocycles. The molecule has 2 aromatic heterocycles. The molecule has 160 valence electrons. The van der Waals surface area contributed by atoms with E-state index in [0.717, 1.165) is 63.5 Å². The maximum absolute atomic E-state index is 11.8. The van der Waals surface area contributed by atoms with Gasteiger partial charge in [-0.3, -0.25) is 20.1 Å². The number of hydrogen-bond donors (Lipinski definition) is 2. The molecule has 0 radical (unpaired) electrons. The van der Waals surface area contributed by atoms with Gasteiger partial charge in [0.25, 0.3) is 5.91 Å². The number of pyridine rings is 1. The summed E-state index contributed by atoms with van der Waals surface area (Å²) in [6.45, 7) is 5.19. The summed E-state index contributed by atoms with van der Waals surface area (Å²) in [5.41, 5.74) is 3.58. The van der Waals surface area contributed by atoms with Crippen molar-refractivity contribution in [1.82, 2.24) is 19.7 Å². The first-order valence-corrected chi connectivity index (χ1v) is 10.8. The quantitative estimate of drug-likeness (QED) is 0.251. The number of amides is 1. The van der Waals surface area contributed by atoms with Gasteiger partial charge in [-0.25, -0.2) is 5.84 Å². The Morgan fingerprint density at radius 1 is 1.10 bits per heavy atom. The van der Waals surface area contributed by atoms with Gasteiger partial charge in [0.1, 0.15) is 5.82 Å². The van der Waals surface area contributed by atoms with Crippen molar-refractivity contribution in [1.29, 1.82) is 0 Å². The second kappa shape index (κ2) is 10.7. The van der Waals surface area contributed by atoms with Gasteiger partial charge in [-0.05, 0) is 61.6 Å². The summed E-state index contributed by atoms with van der Waals surface area (Å²) in [6, 6.07) is 12.0. The summed E-state index contributed by atoms with van der Waals surface area (Å²) in [7, 11) is 0. The molecule has 0 atom stereocenters. The highest BCUT2D eigenvalue weighted by Crippen LogP contribution is 2.29. The van der Waals surface area contributed by atoms with Crippen LogP contribution in [0.5, 0.6) is 0 Å². The highest BCUT2D eigenvalue weighted by Gasteiger charge is 2.20. The molecule has 0 unspecified atom stereocenters. The highest BCUT2D eigenvalue weighted by atomic mass is 35.5. The lowest BCUT2D eigenvalue weighted by Crippen LogP contribution is -2.46. The van der Waals surface area contributed by atoms with E-state index in [1.165, 1.54) is 10.1 Å². The molecule has 30 heavy (non-hydrogen) atoms. The van der Waals surface area contributed by atoms with Crippen LogP contribution >= 0.6 is 23.9 Å². The molecule has 3 aromatic rings. The molecule has 4 rings (SSSR count). The molecule has 1 aliphatic heterocycles. The normalized spacial score (nSPS) is 14.5. The fourth-order valence-corrected chi connectivity index (χ4v) is 4.63. The zero-order valence-corrected chi connectivity index (χ0v) is 18.4. The van der Waals surface area contributed by atoms with E-state index >= 15 is 0 Å². The van der Waals surface area contributed by atoms with E-state index in [4.69, 9.17) is 5.84 Å². The number of halogens is 1. The van der Waals surface area contributed by atoms with Crippen molar-refractivity contribution in [2.24, 2.45) is 5.84 Å². The van der Waals surface area contributed by atoms with E-state index in [0.29, 0.717) is 5.56 Å². The van der Waals surface area contributed by atoms with E-state index in [1.807, 2.05) is 0 Å². The number of piperazine rings is 1. The molecule has 9 heteroatoms. The predicted molar refractivity (Wildman–Crippen MR) is 124 cm³/mol. The Balaban J connectivity index is 0.00000256. The molecule has 1 aliphatic rings. The monoisotopic (exact) mass is 446 g/mol. The molecular weight excluding hydrogens is 420 g/mol. The highest BCUT2D eigenvalue weighted by molar-refractivity contribution is 7.13. The van der Waals surface area contributed by atoms with Crippen LogP contribution in [0.3, 0.4) is 0 Å². The maximum Gasteiger partial charge on any atom is 0.267 e. The van der Waals surface area contributed by atoms with Gasteiger partial charge in [0.2, 0.25) is 0 Å². The number of nitrogen functional groups attached to an aromatic ring is 1. The van der Waals surface area contributed by atoms with Gasteiger partial charge in [-0.2, -0.15) is 4.37 Å². The Morgan fingerprint density at radius 3 is 2.70 bits per heavy atom. The van der Waals surface area contributed by atoms with Crippen LogP contribution in [-0.4, -0.2) is 52.9 Å². The standard InChI is InChI=1S/C21H26N6OS.ClH/c22-24-21(28)16-7-5-10-23-18(16)8-3-4-11-26-12-14-27(15-13-26)20-17-6-1-2-9-19(17)29-25-20;/h1-2,5-7,9-10H,3-4,8,11-15,22H2,(H,24,28);1H. The smallest absolute Gasteiger partial charge is 0.267 e. The van der Waals surface area contributed by atoms with Crippen LogP contribution in [0.4, 0.5) is 5.82 Å². The fourth-order valence-electron chi connectivity index (χ4n) is 3.83. The van der Waals surface area contributed by atoms with Crippen molar-refractivity contribution < 1.29 is 4.79 Å². The van der Waals surface area contributed by atoms with Crippen LogP contribution < -0.4 is 16.2 Å². The zero-order valence-electron chi connectivity index (χ0n) is 16.8. The van der Waals surface area contributed by atoms with Gasteiger partial charge in [0, 0.05) is 37.8 Å². The Kier molecular flexibility index (Phi) is 7.98. The number of carbonyl (C=O) groups is 1. The van der Waals surface area contributed by atoms with Crippen molar-refractivity contribution >= 4 is 45.8 Å². The fraction of sp³-hybridized carbons (Fsp3) is 0.381. The van der Waals surface area contributed by atoms with Gasteiger partial charge in [0.05, 0.1) is 16.0 Å². The number of aryl methyl sites for hydroxylation is 1. The molecule has 1 amide bonds. The summed E-state index contributed by atoms with van der Waals surface area (Å²) >= 11 is 1.58. The van der Waals surface area contributed by atoms with Crippen LogP contribution in [0.25, 0.3) is 10.1 Å². The van der Waals surface area contributed by atoms with Crippen LogP contribution in [0.1, 0.15) is 28.9 Å². The number of carbonyl (C=O) groups excluding carboxylic acids is 1. The van der Waals surface area contributed by atoms with E-state index in [-0.39, 0.29) is 18.3 Å². The van der Waals surface area contributed by atoms with Gasteiger partial charge in [-0.1, -0.05) is 12.1 Å². The number of hydrogen-bond acceptors (Lipinski definition) is 7. The Bertz CT molecular complexity index is 973. The number of unbranched alkanes of at least 4 members (excludes halogenated alkanes) is 1. The summed E-state index contributed by atoms with van der Waals surface area (Å²) < 4.78 is 5.94. The minimum Gasteiger partial charge on any atom is -0.353 e. The average molecular weight is 447 g/mol. The van der Waals surface area contributed by atoms with Gasteiger partial charge in [-0.15, -0.1) is 12.4 Å². The molecule has 0 bridgehead atoms. The third-order valence-electron chi connectivity index (χ3n) is 5.43. The number of benzene rings is 1. The lowest BCUT2D eigenvalue weighted by Gasteiger charge is -2.35. The SMILES string of the molecule is Cl.NNC(=O)c1cccnc1CCCCN1CCN(c2nsc3ccccc23)CC1. The van der Waals surface area contributed by atoms with E-state index in [1.54, 1.807) is 29.9 Å². The topological polar surface area (TPSA) is 87.4 Å². The maximum atomic E-state index is 11.8. The molecule has 0 aliphatic carbocycles. The number of hydrazine groups is 1. The average Bonchev–Trinajstić information content (AvgIpc) is 3.21. The van der Waals surface area contributed by atoms with Crippen molar-refractivity contribution in [3.05, 3.63) is 53.9 Å². The first kappa shape index (κ1) is 22.4. The minimum absolute atomic E-state index is 0. The van der Waals surface area contributed by atoms with Crippen LogP contribution in [0.15, 0.2) is 42.6 Å². The van der Waals surface area contributed by atoms with Gasteiger partial charge in [0.15, 0.2) is 0 Å². The Labute approximate surface area is 186 Å². The second-order valence-corrected chi connectivity index (χ2v) is 8.06. The van der Waals surface area contributed by atoms with Crippen molar-refractivity contribution in [2.75, 3.05) is 37.6 Å². The number of nitrogens with two attached hydrogens (primary N) is 1. The Hall–Kier alpha value is -2.26. The van der Waals surface area contributed by atoms with Crippen molar-refractivity contribution in [3.63, 3.8) is 0 Å². The Morgan fingerprint density at radius 2 is 1.90 bits per heavy atom. The largest absolute Gasteiger partial charge is 0.353 e. The van der Waals surface area contributed by atoms with Crippen LogP contribution in [0, 0.1) is 0 Å². The van der Waals surface area contributed by atoms with Crippen LogP contribution in [-0.2, 0) is 6.42 Å². The summed E-state index contributed by atoms with van der Waals surface area (Å²) in [5.74, 6) is 6.11. The molecule has 3 N–H and O–H groups in total. The first-order valence-electron chi connectivity index (χ1n) is 10.0. The molecule has 1 aromatic carbocycles. The third kappa shape index (κ3) is 5.07. The molecule has 1 saturated heterocycles. The van der Waals surface area contributed by atoms with E-state index < -0.39 is 0 Å². The van der Waals surface area contributed by atoms with E-state index in [9.17, 15) is 4.79 Å². The summed E-state index contributed by atoms with van der Waals surface area (Å²) in [6.07, 6.45) is 4.59. The van der Waals surface area contributed by atoms with Gasteiger partial charge < -0.3 is 4.90 Å². The minimum atomic E-state index is -0.279. The number of fused-ring (bicyclic) bond motifs is 1. The number of aromatic nitrogens is 2. The zero-order chi connectivity index (χ0) is 20.1. The van der Waals surface area contributed by atoms with Crippen molar-refractivity contribution in [3.8, 4) is 0 Å². The van der Waals surface area contributed by atoms with Crippen molar-refractivity contribution in [2.45, 2.75) is 19.3 Å². The first-order chi connectivity index (χ1) is 14.3. The van der Waals surface area contributed by atoms with Crippen LogP contribution in [0.2, 0.25) is 0 Å². The molecular formula is C21H27ClN6OS. The molecule has 0 spiro atoms. The lowest BCUT2D eigenvalue weighted by atomic mass is 10.1. The summed E-state index contributed by atoms with van der Waals surface area (Å²) in [4.78, 5) is 21.1. The number of nitrogens with one attached hydrogen (secondary N) is 1. The molecule has 3 heterocycles. The van der Waals surface area contributed by atoms with E-state index in [2.05, 4.69) is 48.8 Å². The van der Waals surface area contributed by atoms with Gasteiger partial charge >= 0.3 is 0 Å². The number of rotatable bonds is 7. The number of anilines is 1.